The van der Waals surface area contributed by atoms with Gasteiger partial charge in [0.15, 0.2) is 0 Å². The lowest BCUT2D eigenvalue weighted by molar-refractivity contribution is 0.394. The van der Waals surface area contributed by atoms with Gasteiger partial charge in [0.25, 0.3) is 0 Å². The second kappa shape index (κ2) is 6.38. The zero-order chi connectivity index (χ0) is 13.0. The standard InChI is InChI=1S/C13H22N4S/c1-3-11-12(17-14)15-8-16-13(11)18-10-6-4-5-9(2)7-10/h8-10H,3-7,14H2,1-2H3,(H,15,16,17). The first-order valence-electron chi connectivity index (χ1n) is 6.71. The van der Waals surface area contributed by atoms with Crippen LogP contribution in [0.5, 0.6) is 0 Å². The van der Waals surface area contributed by atoms with Crippen LogP contribution in [-0.2, 0) is 6.42 Å². The van der Waals surface area contributed by atoms with Crippen LogP contribution in [0, 0.1) is 5.92 Å². The maximum Gasteiger partial charge on any atom is 0.147 e. The molecule has 1 aromatic rings. The molecule has 0 aliphatic heterocycles. The van der Waals surface area contributed by atoms with Crippen molar-refractivity contribution in [2.75, 3.05) is 5.43 Å². The summed E-state index contributed by atoms with van der Waals surface area (Å²) >= 11 is 1.90. The topological polar surface area (TPSA) is 63.8 Å². The third kappa shape index (κ3) is 3.14. The largest absolute Gasteiger partial charge is 0.308 e. The van der Waals surface area contributed by atoms with Gasteiger partial charge in [-0.3, -0.25) is 0 Å². The molecule has 1 saturated carbocycles. The number of nitrogens with zero attached hydrogens (tertiary/aromatic N) is 2. The molecule has 18 heavy (non-hydrogen) atoms. The fourth-order valence-corrected chi connectivity index (χ4v) is 4.10. The van der Waals surface area contributed by atoms with Gasteiger partial charge in [-0.15, -0.1) is 11.8 Å². The highest BCUT2D eigenvalue weighted by Crippen LogP contribution is 2.37. The lowest BCUT2D eigenvalue weighted by atomic mass is 9.91. The minimum atomic E-state index is 0.694. The Morgan fingerprint density at radius 2 is 2.28 bits per heavy atom. The molecule has 5 heteroatoms. The van der Waals surface area contributed by atoms with Gasteiger partial charge >= 0.3 is 0 Å². The molecule has 1 aromatic heterocycles. The minimum absolute atomic E-state index is 0.694. The second-order valence-electron chi connectivity index (χ2n) is 5.02. The number of anilines is 1. The molecule has 3 N–H and O–H groups in total. The summed E-state index contributed by atoms with van der Waals surface area (Å²) in [5.74, 6) is 7.11. The van der Waals surface area contributed by atoms with Gasteiger partial charge in [0.05, 0.1) is 0 Å². The van der Waals surface area contributed by atoms with Crippen LogP contribution in [0.25, 0.3) is 0 Å². The summed E-state index contributed by atoms with van der Waals surface area (Å²) in [6.45, 7) is 4.47. The Bertz CT molecular complexity index is 397. The normalized spacial score (nSPS) is 23.9. The maximum atomic E-state index is 5.50. The summed E-state index contributed by atoms with van der Waals surface area (Å²) < 4.78 is 0. The lowest BCUT2D eigenvalue weighted by Crippen LogP contribution is -2.16. The van der Waals surface area contributed by atoms with Gasteiger partial charge in [-0.05, 0) is 25.2 Å². The van der Waals surface area contributed by atoms with E-state index in [9.17, 15) is 0 Å². The first-order chi connectivity index (χ1) is 8.74. The number of rotatable bonds is 4. The molecule has 100 valence electrons. The van der Waals surface area contributed by atoms with Gasteiger partial charge in [0, 0.05) is 10.8 Å². The summed E-state index contributed by atoms with van der Waals surface area (Å²) in [5, 5.41) is 1.79. The number of nitrogens with one attached hydrogen (secondary N) is 1. The molecule has 2 unspecified atom stereocenters. The van der Waals surface area contributed by atoms with E-state index in [4.69, 9.17) is 5.84 Å². The quantitative estimate of drug-likeness (QED) is 0.498. The zero-order valence-corrected chi connectivity index (χ0v) is 12.0. The van der Waals surface area contributed by atoms with Crippen molar-refractivity contribution in [2.45, 2.75) is 56.2 Å². The summed E-state index contributed by atoms with van der Waals surface area (Å²) in [5.41, 5.74) is 3.81. The highest BCUT2D eigenvalue weighted by molar-refractivity contribution is 7.99. The van der Waals surface area contributed by atoms with Gasteiger partial charge in [-0.25, -0.2) is 15.8 Å². The first kappa shape index (κ1) is 13.6. The number of hydrogen-bond donors (Lipinski definition) is 2. The molecule has 1 aliphatic rings. The van der Waals surface area contributed by atoms with Crippen molar-refractivity contribution in [1.82, 2.24) is 9.97 Å². The molecule has 1 heterocycles. The predicted octanol–water partition coefficient (Wildman–Crippen LogP) is 3.00. The second-order valence-corrected chi connectivity index (χ2v) is 6.30. The summed E-state index contributed by atoms with van der Waals surface area (Å²) in [4.78, 5) is 8.61. The Kier molecular flexibility index (Phi) is 4.83. The van der Waals surface area contributed by atoms with Gasteiger partial charge in [-0.2, -0.15) is 0 Å². The molecule has 1 aliphatic carbocycles. The van der Waals surface area contributed by atoms with Crippen LogP contribution >= 0.6 is 11.8 Å². The number of nitrogen functional groups attached to an aromatic ring is 1. The van der Waals surface area contributed by atoms with Gasteiger partial charge in [-0.1, -0.05) is 26.7 Å². The van der Waals surface area contributed by atoms with Crippen molar-refractivity contribution >= 4 is 17.6 Å². The van der Waals surface area contributed by atoms with Crippen LogP contribution < -0.4 is 11.3 Å². The van der Waals surface area contributed by atoms with Crippen LogP contribution in [-0.4, -0.2) is 15.2 Å². The fourth-order valence-electron chi connectivity index (χ4n) is 2.58. The number of thioether (sulfide) groups is 1. The van der Waals surface area contributed by atoms with Crippen molar-refractivity contribution in [3.8, 4) is 0 Å². The highest BCUT2D eigenvalue weighted by atomic mass is 32.2. The third-order valence-electron chi connectivity index (χ3n) is 3.56. The van der Waals surface area contributed by atoms with E-state index in [1.54, 1.807) is 6.33 Å². The molecular formula is C13H22N4S. The van der Waals surface area contributed by atoms with Crippen molar-refractivity contribution in [1.29, 1.82) is 0 Å². The number of nitrogens with two attached hydrogens (primary N) is 1. The number of hydrogen-bond acceptors (Lipinski definition) is 5. The summed E-state index contributed by atoms with van der Waals surface area (Å²) in [6, 6.07) is 0. The van der Waals surface area contributed by atoms with Crippen LogP contribution in [0.1, 0.15) is 45.1 Å². The van der Waals surface area contributed by atoms with Gasteiger partial charge in [0.2, 0.25) is 0 Å². The van der Waals surface area contributed by atoms with E-state index in [0.717, 1.165) is 28.7 Å². The number of hydrazine groups is 1. The fraction of sp³-hybridized carbons (Fsp3) is 0.692. The molecule has 2 atom stereocenters. The molecule has 1 fully saturated rings. The van der Waals surface area contributed by atoms with Crippen molar-refractivity contribution in [3.63, 3.8) is 0 Å². The molecule has 0 amide bonds. The van der Waals surface area contributed by atoms with E-state index in [-0.39, 0.29) is 0 Å². The van der Waals surface area contributed by atoms with Crippen LogP contribution in [0.2, 0.25) is 0 Å². The van der Waals surface area contributed by atoms with E-state index in [1.165, 1.54) is 25.7 Å². The number of aromatic nitrogens is 2. The van der Waals surface area contributed by atoms with Crippen LogP contribution in [0.15, 0.2) is 11.4 Å². The Morgan fingerprint density at radius 3 is 2.94 bits per heavy atom. The Balaban J connectivity index is 2.12. The lowest BCUT2D eigenvalue weighted by Gasteiger charge is -2.26. The van der Waals surface area contributed by atoms with E-state index in [2.05, 4.69) is 29.2 Å². The zero-order valence-electron chi connectivity index (χ0n) is 11.1. The monoisotopic (exact) mass is 266 g/mol. The van der Waals surface area contributed by atoms with E-state index in [0.29, 0.717) is 5.25 Å². The molecular weight excluding hydrogens is 244 g/mol. The summed E-state index contributed by atoms with van der Waals surface area (Å²) in [7, 11) is 0. The highest BCUT2D eigenvalue weighted by Gasteiger charge is 2.22. The third-order valence-corrected chi connectivity index (χ3v) is 4.90. The molecule has 0 aromatic carbocycles. The molecule has 0 bridgehead atoms. The Hall–Kier alpha value is -0.810. The SMILES string of the molecule is CCc1c(NN)ncnc1SC1CCCC(C)C1. The smallest absolute Gasteiger partial charge is 0.147 e. The van der Waals surface area contributed by atoms with E-state index >= 15 is 0 Å². The molecule has 2 rings (SSSR count). The molecule has 0 radical (unpaired) electrons. The Morgan fingerprint density at radius 1 is 1.44 bits per heavy atom. The van der Waals surface area contributed by atoms with E-state index in [1.807, 2.05) is 11.8 Å². The average Bonchev–Trinajstić information content (AvgIpc) is 2.38. The van der Waals surface area contributed by atoms with Gasteiger partial charge in [0.1, 0.15) is 17.2 Å². The summed E-state index contributed by atoms with van der Waals surface area (Å²) in [6.07, 6.45) is 7.81. The molecule has 0 saturated heterocycles. The van der Waals surface area contributed by atoms with Crippen molar-refractivity contribution in [3.05, 3.63) is 11.9 Å². The van der Waals surface area contributed by atoms with Crippen LogP contribution in [0.3, 0.4) is 0 Å². The molecule has 0 spiro atoms. The minimum Gasteiger partial charge on any atom is -0.308 e. The predicted molar refractivity (Wildman–Crippen MR) is 76.5 cm³/mol. The van der Waals surface area contributed by atoms with Crippen molar-refractivity contribution in [2.24, 2.45) is 11.8 Å². The van der Waals surface area contributed by atoms with E-state index < -0.39 is 0 Å². The maximum absolute atomic E-state index is 5.50. The first-order valence-corrected chi connectivity index (χ1v) is 7.59. The van der Waals surface area contributed by atoms with Crippen molar-refractivity contribution < 1.29 is 0 Å². The van der Waals surface area contributed by atoms with Gasteiger partial charge < -0.3 is 5.43 Å². The van der Waals surface area contributed by atoms with Crippen LogP contribution in [0.4, 0.5) is 5.82 Å². The molecule has 4 nitrogen and oxygen atoms in total. The average molecular weight is 266 g/mol. The Labute approximate surface area is 113 Å².